The first kappa shape index (κ1) is 13.0. The molecule has 100 valence electrons. The lowest BCUT2D eigenvalue weighted by Crippen LogP contribution is -2.53. The van der Waals surface area contributed by atoms with Crippen LogP contribution in [0.4, 0.5) is 0 Å². The number of nitrogens with zero attached hydrogens (tertiary/aromatic N) is 2. The number of hydrogen-bond donors (Lipinski definition) is 3. The zero-order valence-corrected chi connectivity index (χ0v) is 10.8. The molecule has 6 heteroatoms. The van der Waals surface area contributed by atoms with Gasteiger partial charge < -0.3 is 20.3 Å². The van der Waals surface area contributed by atoms with Gasteiger partial charge >= 0.3 is 0 Å². The summed E-state index contributed by atoms with van der Waals surface area (Å²) in [4.78, 5) is 16.1. The van der Waals surface area contributed by atoms with Crippen LogP contribution < -0.4 is 10.6 Å². The minimum absolute atomic E-state index is 0.0820. The summed E-state index contributed by atoms with van der Waals surface area (Å²) in [5, 5.41) is 15.7. The summed E-state index contributed by atoms with van der Waals surface area (Å²) in [6.45, 7) is 5.47. The van der Waals surface area contributed by atoms with Crippen molar-refractivity contribution in [3.05, 3.63) is 17.7 Å². The molecule has 18 heavy (non-hydrogen) atoms. The van der Waals surface area contributed by atoms with Crippen LogP contribution in [0, 0.1) is 13.8 Å². The first-order valence-electron chi connectivity index (χ1n) is 6.24. The predicted octanol–water partition coefficient (Wildman–Crippen LogP) is -0.661. The number of nitrogens with one attached hydrogen (secondary N) is 2. The molecule has 1 saturated heterocycles. The van der Waals surface area contributed by atoms with Crippen molar-refractivity contribution in [2.75, 3.05) is 13.1 Å². The van der Waals surface area contributed by atoms with Gasteiger partial charge in [-0.25, -0.2) is 4.98 Å². The molecule has 0 saturated carbocycles. The molecule has 6 nitrogen and oxygen atoms in total. The summed E-state index contributed by atoms with van der Waals surface area (Å²) < 4.78 is 1.82. The largest absolute Gasteiger partial charge is 0.390 e. The van der Waals surface area contributed by atoms with Crippen molar-refractivity contribution in [2.24, 2.45) is 0 Å². The molecule has 2 atom stereocenters. The standard InChI is InChI=1S/C12H20N4O2/c1-8-9(2)16(7-14-8)6-12(18)15-10-3-4-13-5-11(10)17/h7,10-11,13,17H,3-6H2,1-2H3,(H,15,18)/t10-,11-/m1/s1. The van der Waals surface area contributed by atoms with Crippen LogP contribution >= 0.6 is 0 Å². The number of piperidine rings is 1. The van der Waals surface area contributed by atoms with E-state index in [1.165, 1.54) is 0 Å². The quantitative estimate of drug-likeness (QED) is 0.667. The molecule has 1 aliphatic heterocycles. The second-order valence-corrected chi connectivity index (χ2v) is 4.78. The van der Waals surface area contributed by atoms with Gasteiger partial charge in [-0.1, -0.05) is 0 Å². The predicted molar refractivity (Wildman–Crippen MR) is 67.1 cm³/mol. The molecule has 1 fully saturated rings. The number of rotatable bonds is 3. The smallest absolute Gasteiger partial charge is 0.240 e. The van der Waals surface area contributed by atoms with Crippen molar-refractivity contribution >= 4 is 5.91 Å². The average molecular weight is 252 g/mol. The average Bonchev–Trinajstić information content (AvgIpc) is 2.64. The second-order valence-electron chi connectivity index (χ2n) is 4.78. The fourth-order valence-corrected chi connectivity index (χ4v) is 2.12. The summed E-state index contributed by atoms with van der Waals surface area (Å²) in [7, 11) is 0. The normalized spacial score (nSPS) is 23.9. The van der Waals surface area contributed by atoms with Gasteiger partial charge in [-0.05, 0) is 26.8 Å². The zero-order valence-electron chi connectivity index (χ0n) is 10.8. The number of aliphatic hydroxyl groups is 1. The number of β-amino-alcohol motifs (C(OH)–C–C–N with tert-alkyl or cyclic N) is 1. The molecule has 1 amide bonds. The molecule has 2 heterocycles. The van der Waals surface area contributed by atoms with Crippen LogP contribution in [0.5, 0.6) is 0 Å². The maximum atomic E-state index is 11.9. The maximum Gasteiger partial charge on any atom is 0.240 e. The second kappa shape index (κ2) is 5.49. The topological polar surface area (TPSA) is 79.2 Å². The Morgan fingerprint density at radius 1 is 1.67 bits per heavy atom. The highest BCUT2D eigenvalue weighted by Gasteiger charge is 2.24. The molecular formula is C12H20N4O2. The van der Waals surface area contributed by atoms with Crippen LogP contribution in [-0.2, 0) is 11.3 Å². The number of carbonyl (C=O) groups excluding carboxylic acids is 1. The van der Waals surface area contributed by atoms with E-state index in [-0.39, 0.29) is 18.5 Å². The Kier molecular flexibility index (Phi) is 3.98. The molecule has 0 radical (unpaired) electrons. The first-order chi connectivity index (χ1) is 8.58. The molecule has 0 bridgehead atoms. The number of imidazole rings is 1. The van der Waals surface area contributed by atoms with E-state index < -0.39 is 6.10 Å². The molecule has 2 rings (SSSR count). The monoisotopic (exact) mass is 252 g/mol. The van der Waals surface area contributed by atoms with Crippen molar-refractivity contribution in [3.8, 4) is 0 Å². The third-order valence-electron chi connectivity index (χ3n) is 3.46. The lowest BCUT2D eigenvalue weighted by Gasteiger charge is -2.29. The van der Waals surface area contributed by atoms with E-state index in [1.807, 2.05) is 18.4 Å². The molecule has 3 N–H and O–H groups in total. The fraction of sp³-hybridized carbons (Fsp3) is 0.667. The summed E-state index contributed by atoms with van der Waals surface area (Å²) >= 11 is 0. The van der Waals surface area contributed by atoms with E-state index in [0.717, 1.165) is 24.4 Å². The third kappa shape index (κ3) is 2.88. The van der Waals surface area contributed by atoms with Gasteiger partial charge in [0.2, 0.25) is 5.91 Å². The third-order valence-corrected chi connectivity index (χ3v) is 3.46. The fourth-order valence-electron chi connectivity index (χ4n) is 2.12. The lowest BCUT2D eigenvalue weighted by molar-refractivity contribution is -0.123. The van der Waals surface area contributed by atoms with Gasteiger partial charge in [-0.3, -0.25) is 4.79 Å². The van der Waals surface area contributed by atoms with Crippen LogP contribution in [0.2, 0.25) is 0 Å². The van der Waals surface area contributed by atoms with E-state index in [1.54, 1.807) is 6.33 Å². The van der Waals surface area contributed by atoms with E-state index in [4.69, 9.17) is 0 Å². The van der Waals surface area contributed by atoms with Crippen molar-refractivity contribution in [2.45, 2.75) is 39.0 Å². The van der Waals surface area contributed by atoms with Crippen LogP contribution in [0.15, 0.2) is 6.33 Å². The summed E-state index contributed by atoms with van der Waals surface area (Å²) in [6.07, 6.45) is 1.92. The van der Waals surface area contributed by atoms with Gasteiger partial charge in [0.15, 0.2) is 0 Å². The van der Waals surface area contributed by atoms with Gasteiger partial charge in [-0.15, -0.1) is 0 Å². The van der Waals surface area contributed by atoms with Crippen molar-refractivity contribution < 1.29 is 9.90 Å². The number of amides is 1. The van der Waals surface area contributed by atoms with E-state index in [9.17, 15) is 9.90 Å². The van der Waals surface area contributed by atoms with Gasteiger partial charge in [-0.2, -0.15) is 0 Å². The molecule has 0 spiro atoms. The lowest BCUT2D eigenvalue weighted by atomic mass is 10.0. The van der Waals surface area contributed by atoms with E-state index in [2.05, 4.69) is 15.6 Å². The Labute approximate surface area is 106 Å². The van der Waals surface area contributed by atoms with E-state index >= 15 is 0 Å². The van der Waals surface area contributed by atoms with Crippen molar-refractivity contribution in [1.82, 2.24) is 20.2 Å². The highest BCUT2D eigenvalue weighted by Crippen LogP contribution is 2.06. The van der Waals surface area contributed by atoms with Crippen LogP contribution in [-0.4, -0.2) is 45.8 Å². The summed E-state index contributed by atoms with van der Waals surface area (Å²) in [6, 6.07) is -0.149. The number of hydrogen-bond acceptors (Lipinski definition) is 4. The highest BCUT2D eigenvalue weighted by molar-refractivity contribution is 5.76. The maximum absolute atomic E-state index is 11.9. The van der Waals surface area contributed by atoms with Gasteiger partial charge in [0.25, 0.3) is 0 Å². The molecule has 0 aromatic carbocycles. The molecule has 0 unspecified atom stereocenters. The Morgan fingerprint density at radius 2 is 2.44 bits per heavy atom. The van der Waals surface area contributed by atoms with Gasteiger partial charge in [0, 0.05) is 12.2 Å². The minimum Gasteiger partial charge on any atom is -0.390 e. The number of carbonyl (C=O) groups is 1. The summed E-state index contributed by atoms with van der Waals surface area (Å²) in [5.41, 5.74) is 1.93. The Hall–Kier alpha value is -1.40. The summed E-state index contributed by atoms with van der Waals surface area (Å²) in [5.74, 6) is -0.0820. The number of aryl methyl sites for hydroxylation is 1. The molecule has 0 aliphatic carbocycles. The highest BCUT2D eigenvalue weighted by atomic mass is 16.3. The SMILES string of the molecule is Cc1ncn(CC(=O)N[C@@H]2CCNC[C@H]2O)c1C. The Bertz CT molecular complexity index is 430. The van der Waals surface area contributed by atoms with Gasteiger partial charge in [0.1, 0.15) is 6.54 Å². The number of aliphatic hydroxyl groups excluding tert-OH is 1. The molecule has 1 aromatic rings. The first-order valence-corrected chi connectivity index (χ1v) is 6.24. The van der Waals surface area contributed by atoms with Crippen molar-refractivity contribution in [3.63, 3.8) is 0 Å². The van der Waals surface area contributed by atoms with Crippen LogP contribution in [0.1, 0.15) is 17.8 Å². The van der Waals surface area contributed by atoms with Crippen LogP contribution in [0.3, 0.4) is 0 Å². The molecule has 1 aliphatic rings. The van der Waals surface area contributed by atoms with Gasteiger partial charge in [0.05, 0.1) is 24.2 Å². The van der Waals surface area contributed by atoms with E-state index in [0.29, 0.717) is 6.54 Å². The number of aromatic nitrogens is 2. The Morgan fingerprint density at radius 3 is 3.06 bits per heavy atom. The molecular weight excluding hydrogens is 232 g/mol. The molecule has 1 aromatic heterocycles. The van der Waals surface area contributed by atoms with Crippen molar-refractivity contribution in [1.29, 1.82) is 0 Å². The zero-order chi connectivity index (χ0) is 13.1. The minimum atomic E-state index is -0.506. The Balaban J connectivity index is 1.90. The van der Waals surface area contributed by atoms with Crippen LogP contribution in [0.25, 0.3) is 0 Å².